The van der Waals surface area contributed by atoms with E-state index < -0.39 is 6.10 Å². The van der Waals surface area contributed by atoms with Gasteiger partial charge in [0.15, 0.2) is 6.10 Å². The lowest BCUT2D eigenvalue weighted by Gasteiger charge is -2.13. The van der Waals surface area contributed by atoms with Crippen LogP contribution >= 0.6 is 11.3 Å². The number of carbonyl (C=O) groups is 1. The molecule has 0 aliphatic heterocycles. The number of benzene rings is 1. The predicted octanol–water partition coefficient (Wildman–Crippen LogP) is 2.82. The second-order valence-electron chi connectivity index (χ2n) is 4.78. The molecule has 0 unspecified atom stereocenters. The Balaban J connectivity index is 1.57. The van der Waals surface area contributed by atoms with Gasteiger partial charge in [-0.3, -0.25) is 10.1 Å². The summed E-state index contributed by atoms with van der Waals surface area (Å²) < 4.78 is 5.56. The maximum Gasteiger partial charge on any atom is 0.266 e. The highest BCUT2D eigenvalue weighted by Gasteiger charge is 2.28. The number of carbonyl (C=O) groups excluding carboxylic acids is 1. The van der Waals surface area contributed by atoms with Crippen LogP contribution in [0.25, 0.3) is 0 Å². The first-order valence-electron chi connectivity index (χ1n) is 6.58. The zero-order valence-electron chi connectivity index (χ0n) is 11.1. The second-order valence-corrected chi connectivity index (χ2v) is 5.79. The van der Waals surface area contributed by atoms with E-state index in [2.05, 4.69) is 15.5 Å². The summed E-state index contributed by atoms with van der Waals surface area (Å²) in [6, 6.07) is 9.28. The minimum Gasteiger partial charge on any atom is -0.481 e. The van der Waals surface area contributed by atoms with E-state index in [9.17, 15) is 4.79 Å². The van der Waals surface area contributed by atoms with Crippen LogP contribution in [0, 0.1) is 0 Å². The van der Waals surface area contributed by atoms with Gasteiger partial charge >= 0.3 is 0 Å². The molecule has 1 saturated carbocycles. The van der Waals surface area contributed by atoms with Crippen molar-refractivity contribution in [1.29, 1.82) is 0 Å². The Bertz CT molecular complexity index is 595. The van der Waals surface area contributed by atoms with Crippen LogP contribution in [-0.2, 0) is 4.79 Å². The molecule has 1 aliphatic carbocycles. The van der Waals surface area contributed by atoms with Crippen LogP contribution in [-0.4, -0.2) is 22.2 Å². The first-order chi connectivity index (χ1) is 9.72. The summed E-state index contributed by atoms with van der Waals surface area (Å²) in [6.45, 7) is 1.71. The minimum absolute atomic E-state index is 0.215. The molecule has 5 nitrogen and oxygen atoms in total. The van der Waals surface area contributed by atoms with Gasteiger partial charge in [-0.05, 0) is 31.9 Å². The molecule has 0 radical (unpaired) electrons. The van der Waals surface area contributed by atoms with E-state index >= 15 is 0 Å². The van der Waals surface area contributed by atoms with Crippen LogP contribution in [0.1, 0.15) is 30.7 Å². The molecular formula is C14H15N3O2S. The fraction of sp³-hybridized carbons (Fsp3) is 0.357. The summed E-state index contributed by atoms with van der Waals surface area (Å²) in [7, 11) is 0. The second kappa shape index (κ2) is 5.58. The predicted molar refractivity (Wildman–Crippen MR) is 77.0 cm³/mol. The average molecular weight is 289 g/mol. The van der Waals surface area contributed by atoms with Crippen molar-refractivity contribution in [2.45, 2.75) is 31.8 Å². The maximum atomic E-state index is 12.0. The first kappa shape index (κ1) is 13.1. The minimum atomic E-state index is -0.578. The highest BCUT2D eigenvalue weighted by atomic mass is 32.1. The third-order valence-corrected chi connectivity index (χ3v) is 4.02. The number of rotatable bonds is 5. The van der Waals surface area contributed by atoms with Crippen molar-refractivity contribution in [3.63, 3.8) is 0 Å². The number of para-hydroxylation sites is 1. The molecule has 104 valence electrons. The Morgan fingerprint density at radius 1 is 1.35 bits per heavy atom. The molecule has 20 heavy (non-hydrogen) atoms. The molecule has 1 N–H and O–H groups in total. The lowest BCUT2D eigenvalue weighted by Crippen LogP contribution is -2.30. The van der Waals surface area contributed by atoms with Crippen molar-refractivity contribution >= 4 is 22.4 Å². The standard InChI is InChI=1S/C14H15N3O2S/c1-9(19-11-5-3-2-4-6-11)12(18)15-14-17-16-13(20-14)10-7-8-10/h2-6,9-10H,7-8H2,1H3,(H,15,17,18)/t9-/m0/s1. The molecule has 3 rings (SSSR count). The van der Waals surface area contributed by atoms with Crippen LogP contribution in [0.3, 0.4) is 0 Å². The molecule has 1 aromatic heterocycles. The van der Waals surface area contributed by atoms with Crippen molar-refractivity contribution in [1.82, 2.24) is 10.2 Å². The molecule has 2 aromatic rings. The van der Waals surface area contributed by atoms with Crippen molar-refractivity contribution in [3.8, 4) is 5.75 Å². The quantitative estimate of drug-likeness (QED) is 0.919. The van der Waals surface area contributed by atoms with Gasteiger partial charge in [-0.1, -0.05) is 29.5 Å². The van der Waals surface area contributed by atoms with Gasteiger partial charge in [-0.2, -0.15) is 0 Å². The molecule has 1 aliphatic rings. The summed E-state index contributed by atoms with van der Waals surface area (Å²) in [4.78, 5) is 12.0. The van der Waals surface area contributed by atoms with Crippen LogP contribution in [0.15, 0.2) is 30.3 Å². The van der Waals surface area contributed by atoms with Gasteiger partial charge in [-0.15, -0.1) is 10.2 Å². The van der Waals surface area contributed by atoms with Crippen molar-refractivity contribution in [2.24, 2.45) is 0 Å². The smallest absolute Gasteiger partial charge is 0.266 e. The lowest BCUT2D eigenvalue weighted by molar-refractivity contribution is -0.122. The maximum absolute atomic E-state index is 12.0. The van der Waals surface area contributed by atoms with E-state index in [1.54, 1.807) is 6.92 Å². The third-order valence-electron chi connectivity index (χ3n) is 3.02. The number of nitrogens with one attached hydrogen (secondary N) is 1. The number of anilines is 1. The third kappa shape index (κ3) is 3.14. The molecule has 1 atom stereocenters. The fourth-order valence-electron chi connectivity index (χ4n) is 1.74. The highest BCUT2D eigenvalue weighted by molar-refractivity contribution is 7.15. The van der Waals surface area contributed by atoms with Gasteiger partial charge in [0.25, 0.3) is 5.91 Å². The molecular weight excluding hydrogens is 274 g/mol. The summed E-state index contributed by atoms with van der Waals surface area (Å²) in [5.41, 5.74) is 0. The Kier molecular flexibility index (Phi) is 3.64. The topological polar surface area (TPSA) is 64.1 Å². The lowest BCUT2D eigenvalue weighted by atomic mass is 10.3. The molecule has 1 heterocycles. The van der Waals surface area contributed by atoms with E-state index in [1.807, 2.05) is 30.3 Å². The zero-order chi connectivity index (χ0) is 13.9. The Morgan fingerprint density at radius 3 is 2.80 bits per heavy atom. The summed E-state index contributed by atoms with van der Waals surface area (Å²) in [6.07, 6.45) is 1.78. The van der Waals surface area contributed by atoms with E-state index in [4.69, 9.17) is 4.74 Å². The van der Waals surface area contributed by atoms with Gasteiger partial charge in [0.05, 0.1) is 0 Å². The van der Waals surface area contributed by atoms with Crippen LogP contribution in [0.5, 0.6) is 5.75 Å². The van der Waals surface area contributed by atoms with Gasteiger partial charge < -0.3 is 4.74 Å². The van der Waals surface area contributed by atoms with Gasteiger partial charge in [0.1, 0.15) is 10.8 Å². The number of hydrogen-bond acceptors (Lipinski definition) is 5. The van der Waals surface area contributed by atoms with E-state index in [0.29, 0.717) is 16.8 Å². The largest absolute Gasteiger partial charge is 0.481 e. The van der Waals surface area contributed by atoms with Crippen molar-refractivity contribution in [2.75, 3.05) is 5.32 Å². The monoisotopic (exact) mass is 289 g/mol. The number of aromatic nitrogens is 2. The van der Waals surface area contributed by atoms with Crippen LogP contribution < -0.4 is 10.1 Å². The SMILES string of the molecule is C[C@H](Oc1ccccc1)C(=O)Nc1nnc(C2CC2)s1. The number of nitrogens with zero attached hydrogens (tertiary/aromatic N) is 2. The summed E-state index contributed by atoms with van der Waals surface area (Å²) >= 11 is 1.45. The Labute approximate surface area is 121 Å². The number of amides is 1. The fourth-order valence-corrected chi connectivity index (χ4v) is 2.66. The molecule has 0 saturated heterocycles. The molecule has 0 spiro atoms. The Morgan fingerprint density at radius 2 is 2.10 bits per heavy atom. The molecule has 1 aromatic carbocycles. The first-order valence-corrected chi connectivity index (χ1v) is 7.40. The molecule has 6 heteroatoms. The summed E-state index contributed by atoms with van der Waals surface area (Å²) in [5, 5.41) is 12.4. The molecule has 1 fully saturated rings. The van der Waals surface area contributed by atoms with Crippen LogP contribution in [0.4, 0.5) is 5.13 Å². The molecule has 1 amide bonds. The van der Waals surface area contributed by atoms with Crippen molar-refractivity contribution < 1.29 is 9.53 Å². The highest BCUT2D eigenvalue weighted by Crippen LogP contribution is 2.42. The van der Waals surface area contributed by atoms with Crippen molar-refractivity contribution in [3.05, 3.63) is 35.3 Å². The summed E-state index contributed by atoms with van der Waals surface area (Å²) in [5.74, 6) is 1.01. The normalized spacial score (nSPS) is 15.7. The van der Waals surface area contributed by atoms with Crippen LogP contribution in [0.2, 0.25) is 0 Å². The number of ether oxygens (including phenoxy) is 1. The van der Waals surface area contributed by atoms with E-state index in [-0.39, 0.29) is 5.91 Å². The van der Waals surface area contributed by atoms with Gasteiger partial charge in [0.2, 0.25) is 5.13 Å². The van der Waals surface area contributed by atoms with Gasteiger partial charge in [0, 0.05) is 5.92 Å². The number of hydrogen-bond donors (Lipinski definition) is 1. The van der Waals surface area contributed by atoms with E-state index in [0.717, 1.165) is 5.01 Å². The zero-order valence-corrected chi connectivity index (χ0v) is 11.9. The van der Waals surface area contributed by atoms with Gasteiger partial charge in [-0.25, -0.2) is 0 Å². The molecule has 0 bridgehead atoms. The Hall–Kier alpha value is -1.95. The average Bonchev–Trinajstić information content (AvgIpc) is 3.20. The van der Waals surface area contributed by atoms with E-state index in [1.165, 1.54) is 24.2 Å².